The molecule has 0 amide bonds. The molecule has 15 rings (SSSR count). The summed E-state index contributed by atoms with van der Waals surface area (Å²) in [4.78, 5) is 0. The lowest BCUT2D eigenvalue weighted by atomic mass is 9.82. The SMILES string of the molecule is c1ccc(-c2c3c(c(-c4ccccc4)c4ccccc24)-c2ccc(-n4c5ccccc5c5c6c7ccccc7oc6c6c(c7ccccc7n6-c6ccccc6)c54)c4cccc-3c24)cc1. The lowest BCUT2D eigenvalue weighted by Crippen LogP contribution is -1.97. The Bertz CT molecular complexity index is 4230. The topological polar surface area (TPSA) is 23.0 Å². The average molecular weight is 825 g/mol. The molecular formula is C62H36N2O. The van der Waals surface area contributed by atoms with Crippen molar-refractivity contribution < 1.29 is 4.42 Å². The second-order valence-electron chi connectivity index (χ2n) is 17.4. The Kier molecular flexibility index (Phi) is 6.95. The van der Waals surface area contributed by atoms with Gasteiger partial charge >= 0.3 is 0 Å². The molecule has 1 aliphatic carbocycles. The van der Waals surface area contributed by atoms with Gasteiger partial charge in [0.25, 0.3) is 0 Å². The molecule has 0 radical (unpaired) electrons. The van der Waals surface area contributed by atoms with Crippen molar-refractivity contribution in [2.45, 2.75) is 0 Å². The highest BCUT2D eigenvalue weighted by atomic mass is 16.3. The molecule has 11 aromatic carbocycles. The quantitative estimate of drug-likeness (QED) is 0.173. The largest absolute Gasteiger partial charge is 0.454 e. The first-order valence-corrected chi connectivity index (χ1v) is 22.4. The fraction of sp³-hybridized carbons (Fsp3) is 0. The maximum atomic E-state index is 7.07. The predicted molar refractivity (Wildman–Crippen MR) is 273 cm³/mol. The highest BCUT2D eigenvalue weighted by Gasteiger charge is 2.33. The van der Waals surface area contributed by atoms with E-state index >= 15 is 0 Å². The van der Waals surface area contributed by atoms with Crippen molar-refractivity contribution in [3.63, 3.8) is 0 Å². The Morgan fingerprint density at radius 3 is 1.46 bits per heavy atom. The molecule has 0 fully saturated rings. The highest BCUT2D eigenvalue weighted by molar-refractivity contribution is 6.40. The average Bonchev–Trinajstić information content (AvgIpc) is 4.12. The van der Waals surface area contributed by atoms with Gasteiger partial charge in [0.05, 0.1) is 27.8 Å². The van der Waals surface area contributed by atoms with E-state index in [2.05, 4.69) is 228 Å². The van der Waals surface area contributed by atoms with E-state index in [1.165, 1.54) is 93.1 Å². The van der Waals surface area contributed by atoms with Crippen molar-refractivity contribution in [3.8, 4) is 55.9 Å². The lowest BCUT2D eigenvalue weighted by molar-refractivity contribution is 0.671. The van der Waals surface area contributed by atoms with Crippen LogP contribution in [0, 0.1) is 0 Å². The van der Waals surface area contributed by atoms with E-state index in [4.69, 9.17) is 4.42 Å². The molecule has 0 atom stereocenters. The van der Waals surface area contributed by atoms with Crippen LogP contribution in [-0.2, 0) is 0 Å². The smallest absolute Gasteiger partial charge is 0.160 e. The summed E-state index contributed by atoms with van der Waals surface area (Å²) in [5, 5.41) is 12.1. The molecule has 0 bridgehead atoms. The van der Waals surface area contributed by atoms with E-state index in [0.717, 1.165) is 49.9 Å². The third-order valence-electron chi connectivity index (χ3n) is 14.2. The third-order valence-corrected chi connectivity index (χ3v) is 14.2. The number of benzene rings is 11. The van der Waals surface area contributed by atoms with Crippen LogP contribution >= 0.6 is 0 Å². The normalized spacial score (nSPS) is 12.3. The molecular weight excluding hydrogens is 789 g/mol. The summed E-state index contributed by atoms with van der Waals surface area (Å²) in [5.74, 6) is 0. The standard InChI is InChI=1S/C62H36N2O/c1-4-19-37(20-5-1)52-40-25-10-11-26-41(40)53(38-21-6-2-7-22-38)56-47-35-36-50(42-30-18-31-46(54(42)47)55(52)56)64-49-33-16-12-27-43(49)57-58-45-29-14-17-34-51(45)65-62(58)61-59(60(57)64)44-28-13-15-32-48(44)63(61)39-23-8-3-9-24-39/h1-36H. The molecule has 3 aromatic heterocycles. The van der Waals surface area contributed by atoms with Gasteiger partial charge in [-0.2, -0.15) is 0 Å². The number of hydrogen-bond acceptors (Lipinski definition) is 1. The van der Waals surface area contributed by atoms with Crippen LogP contribution in [0.5, 0.6) is 0 Å². The number of fused-ring (bicyclic) bond motifs is 16. The van der Waals surface area contributed by atoms with Crippen LogP contribution in [0.15, 0.2) is 223 Å². The van der Waals surface area contributed by atoms with Crippen LogP contribution < -0.4 is 0 Å². The number of para-hydroxylation sites is 4. The van der Waals surface area contributed by atoms with Gasteiger partial charge in [-0.25, -0.2) is 0 Å². The van der Waals surface area contributed by atoms with E-state index in [0.29, 0.717) is 0 Å². The Hall–Kier alpha value is -8.66. The third kappa shape index (κ3) is 4.53. The molecule has 0 N–H and O–H groups in total. The van der Waals surface area contributed by atoms with Gasteiger partial charge in [0.15, 0.2) is 5.58 Å². The zero-order valence-corrected chi connectivity index (χ0v) is 35.1. The van der Waals surface area contributed by atoms with E-state index < -0.39 is 0 Å². The Balaban J connectivity index is 1.15. The van der Waals surface area contributed by atoms with Crippen molar-refractivity contribution in [3.05, 3.63) is 218 Å². The Morgan fingerprint density at radius 2 is 0.800 bits per heavy atom. The molecule has 3 nitrogen and oxygen atoms in total. The van der Waals surface area contributed by atoms with Crippen LogP contribution in [0.3, 0.4) is 0 Å². The molecule has 0 spiro atoms. The maximum Gasteiger partial charge on any atom is 0.160 e. The highest BCUT2D eigenvalue weighted by Crippen LogP contribution is 2.59. The summed E-state index contributed by atoms with van der Waals surface area (Å²) in [5.41, 5.74) is 18.7. The first kappa shape index (κ1) is 34.9. The first-order chi connectivity index (χ1) is 32.3. The van der Waals surface area contributed by atoms with Gasteiger partial charge in [0, 0.05) is 43.4 Å². The minimum Gasteiger partial charge on any atom is -0.454 e. The predicted octanol–water partition coefficient (Wildman–Crippen LogP) is 17.1. The fourth-order valence-electron chi connectivity index (χ4n) is 11.8. The molecule has 300 valence electrons. The number of nitrogens with zero attached hydrogens (tertiary/aromatic N) is 2. The van der Waals surface area contributed by atoms with Gasteiger partial charge in [-0.05, 0) is 97.1 Å². The van der Waals surface area contributed by atoms with Crippen molar-refractivity contribution in [2.75, 3.05) is 0 Å². The van der Waals surface area contributed by atoms with Crippen LogP contribution in [0.25, 0.3) is 143 Å². The Morgan fingerprint density at radius 1 is 0.292 bits per heavy atom. The summed E-state index contributed by atoms with van der Waals surface area (Å²) >= 11 is 0. The van der Waals surface area contributed by atoms with Gasteiger partial charge in [-0.3, -0.25) is 0 Å². The summed E-state index contributed by atoms with van der Waals surface area (Å²) in [7, 11) is 0. The van der Waals surface area contributed by atoms with Gasteiger partial charge in [-0.15, -0.1) is 0 Å². The van der Waals surface area contributed by atoms with Gasteiger partial charge in [0.2, 0.25) is 0 Å². The molecule has 0 aliphatic heterocycles. The summed E-state index contributed by atoms with van der Waals surface area (Å²) in [6, 6.07) is 80.0. The summed E-state index contributed by atoms with van der Waals surface area (Å²) < 4.78 is 12.1. The zero-order valence-electron chi connectivity index (χ0n) is 35.1. The maximum absolute atomic E-state index is 7.07. The van der Waals surface area contributed by atoms with E-state index in [9.17, 15) is 0 Å². The van der Waals surface area contributed by atoms with Gasteiger partial charge < -0.3 is 13.6 Å². The Labute approximate surface area is 373 Å². The number of hydrogen-bond donors (Lipinski definition) is 0. The lowest BCUT2D eigenvalue weighted by Gasteiger charge is -2.20. The molecule has 0 saturated heterocycles. The monoisotopic (exact) mass is 824 g/mol. The van der Waals surface area contributed by atoms with Gasteiger partial charge in [-0.1, -0.05) is 182 Å². The molecule has 3 heteroatoms. The van der Waals surface area contributed by atoms with Crippen LogP contribution in [-0.4, -0.2) is 9.13 Å². The summed E-state index contributed by atoms with van der Waals surface area (Å²) in [6.45, 7) is 0. The number of rotatable bonds is 4. The van der Waals surface area contributed by atoms with E-state index in [-0.39, 0.29) is 0 Å². The van der Waals surface area contributed by atoms with Crippen LogP contribution in [0.4, 0.5) is 0 Å². The summed E-state index contributed by atoms with van der Waals surface area (Å²) in [6.07, 6.45) is 0. The minimum atomic E-state index is 0.886. The number of aromatic nitrogens is 2. The fourth-order valence-corrected chi connectivity index (χ4v) is 11.8. The molecule has 14 aromatic rings. The molecule has 3 heterocycles. The molecule has 0 saturated carbocycles. The van der Waals surface area contributed by atoms with Crippen molar-refractivity contribution in [1.82, 2.24) is 9.13 Å². The van der Waals surface area contributed by atoms with E-state index in [1.54, 1.807) is 0 Å². The van der Waals surface area contributed by atoms with Crippen molar-refractivity contribution in [1.29, 1.82) is 0 Å². The molecule has 0 unspecified atom stereocenters. The zero-order chi connectivity index (χ0) is 42.3. The minimum absolute atomic E-state index is 0.886. The number of furan rings is 1. The van der Waals surface area contributed by atoms with Gasteiger partial charge in [0.1, 0.15) is 5.58 Å². The van der Waals surface area contributed by atoms with Crippen LogP contribution in [0.2, 0.25) is 0 Å². The van der Waals surface area contributed by atoms with E-state index in [1.807, 2.05) is 0 Å². The molecule has 1 aliphatic rings. The second-order valence-corrected chi connectivity index (χ2v) is 17.4. The van der Waals surface area contributed by atoms with Crippen LogP contribution in [0.1, 0.15) is 0 Å². The second kappa shape index (κ2) is 12.9. The molecule has 65 heavy (non-hydrogen) atoms. The van der Waals surface area contributed by atoms with Crippen molar-refractivity contribution >= 4 is 87.1 Å². The first-order valence-electron chi connectivity index (χ1n) is 22.4. The van der Waals surface area contributed by atoms with Crippen molar-refractivity contribution in [2.24, 2.45) is 0 Å².